The predicted octanol–water partition coefficient (Wildman–Crippen LogP) is 8.20. The van der Waals surface area contributed by atoms with Gasteiger partial charge in [-0.25, -0.2) is 22.0 Å². The SMILES string of the molecule is CC(C)[Si](Oc1c(F)c(F)c2c(c1F)-c1c(cc(F)c(F)c1F)C2(F)F)(C(C)C)C(C)C. The first kappa shape index (κ1) is 24.5. The Kier molecular flexibility index (Phi) is 5.94. The fourth-order valence-corrected chi connectivity index (χ4v) is 10.2. The second-order valence-electron chi connectivity index (χ2n) is 8.92. The van der Waals surface area contributed by atoms with Gasteiger partial charge >= 0.3 is 5.92 Å². The van der Waals surface area contributed by atoms with Crippen LogP contribution in [-0.2, 0) is 5.92 Å². The van der Waals surface area contributed by atoms with Crippen LogP contribution in [0.5, 0.6) is 5.75 Å². The van der Waals surface area contributed by atoms with Gasteiger partial charge in [0.05, 0.1) is 5.56 Å². The summed E-state index contributed by atoms with van der Waals surface area (Å²) in [5.74, 6) is -17.9. The topological polar surface area (TPSA) is 9.23 Å². The number of alkyl halides is 2. The van der Waals surface area contributed by atoms with Gasteiger partial charge in [0.15, 0.2) is 34.8 Å². The minimum absolute atomic E-state index is 0.0412. The van der Waals surface area contributed by atoms with Crippen molar-refractivity contribution in [3.63, 3.8) is 0 Å². The summed E-state index contributed by atoms with van der Waals surface area (Å²) in [6.45, 7) is 10.6. The van der Waals surface area contributed by atoms with E-state index in [0.717, 1.165) is 0 Å². The molecule has 0 atom stereocenters. The van der Waals surface area contributed by atoms with E-state index in [4.69, 9.17) is 4.43 Å². The van der Waals surface area contributed by atoms with Crippen molar-refractivity contribution in [2.24, 2.45) is 0 Å². The molecule has 0 aromatic heterocycles. The molecule has 0 N–H and O–H groups in total. The maximum atomic E-state index is 15.5. The monoisotopic (exact) mass is 482 g/mol. The zero-order chi connectivity index (χ0) is 24.5. The standard InChI is InChI=1S/C22H22F8OSi/c1-8(2)32(9(3)4,10(5)6)31-21-18(26)14-13-11(7-12(23)16(24)17(13)25)22(29,30)15(14)19(27)20(21)28/h7-10H,1-6H3. The maximum Gasteiger partial charge on any atom is 0.302 e. The van der Waals surface area contributed by atoms with Gasteiger partial charge in [0.2, 0.25) is 5.82 Å². The molecule has 0 aliphatic heterocycles. The fourth-order valence-electron chi connectivity index (χ4n) is 5.01. The Bertz CT molecular complexity index is 1070. The second-order valence-corrected chi connectivity index (χ2v) is 14.3. The molecule has 0 amide bonds. The molecular weight excluding hydrogens is 460 g/mol. The minimum Gasteiger partial charge on any atom is -0.539 e. The largest absolute Gasteiger partial charge is 0.539 e. The molecule has 32 heavy (non-hydrogen) atoms. The molecule has 1 aliphatic rings. The molecular formula is C22H22F8OSi. The molecule has 0 saturated heterocycles. The Morgan fingerprint density at radius 1 is 0.688 bits per heavy atom. The van der Waals surface area contributed by atoms with Gasteiger partial charge in [0.25, 0.3) is 8.32 Å². The van der Waals surface area contributed by atoms with Gasteiger partial charge in [-0.15, -0.1) is 0 Å². The van der Waals surface area contributed by atoms with Crippen LogP contribution in [0.15, 0.2) is 6.07 Å². The third-order valence-corrected chi connectivity index (χ3v) is 12.3. The number of rotatable bonds is 5. The quantitative estimate of drug-likeness (QED) is 0.181. The van der Waals surface area contributed by atoms with Crippen LogP contribution in [0, 0.1) is 34.9 Å². The van der Waals surface area contributed by atoms with Crippen LogP contribution in [0.3, 0.4) is 0 Å². The summed E-state index contributed by atoms with van der Waals surface area (Å²) in [6, 6.07) is -0.0412. The van der Waals surface area contributed by atoms with Crippen molar-refractivity contribution in [2.75, 3.05) is 0 Å². The highest BCUT2D eigenvalue weighted by Crippen LogP contribution is 2.57. The first-order valence-corrected chi connectivity index (χ1v) is 12.2. The van der Waals surface area contributed by atoms with Gasteiger partial charge in [0.1, 0.15) is 0 Å². The number of fused-ring (bicyclic) bond motifs is 3. The number of hydrogen-bond acceptors (Lipinski definition) is 1. The van der Waals surface area contributed by atoms with E-state index in [1.54, 1.807) is 41.5 Å². The van der Waals surface area contributed by atoms with Crippen molar-refractivity contribution in [3.05, 3.63) is 52.1 Å². The third-order valence-electron chi connectivity index (χ3n) is 6.33. The zero-order valence-corrected chi connectivity index (χ0v) is 19.2. The van der Waals surface area contributed by atoms with Crippen LogP contribution in [0.4, 0.5) is 35.1 Å². The summed E-state index contributed by atoms with van der Waals surface area (Å²) in [4.78, 5) is 0. The van der Waals surface area contributed by atoms with Crippen molar-refractivity contribution in [1.29, 1.82) is 0 Å². The maximum absolute atomic E-state index is 15.5. The average molecular weight is 482 g/mol. The van der Waals surface area contributed by atoms with Gasteiger partial charge in [-0.05, 0) is 22.7 Å². The molecule has 2 aromatic carbocycles. The van der Waals surface area contributed by atoms with E-state index in [2.05, 4.69) is 0 Å². The molecule has 176 valence electrons. The summed E-state index contributed by atoms with van der Waals surface area (Å²) in [7, 11) is -3.11. The Morgan fingerprint density at radius 3 is 1.66 bits per heavy atom. The Morgan fingerprint density at radius 2 is 1.19 bits per heavy atom. The lowest BCUT2D eigenvalue weighted by atomic mass is 10.0. The highest BCUT2D eigenvalue weighted by atomic mass is 28.4. The van der Waals surface area contributed by atoms with Crippen molar-refractivity contribution in [1.82, 2.24) is 0 Å². The van der Waals surface area contributed by atoms with Gasteiger partial charge in [-0.3, -0.25) is 0 Å². The van der Waals surface area contributed by atoms with Crippen LogP contribution in [0.2, 0.25) is 16.6 Å². The highest BCUT2D eigenvalue weighted by Gasteiger charge is 2.54. The Labute approximate surface area is 181 Å². The van der Waals surface area contributed by atoms with E-state index in [9.17, 15) is 30.7 Å². The first-order valence-electron chi connectivity index (χ1n) is 10.1. The summed E-state index contributed by atoms with van der Waals surface area (Å²) in [6.07, 6.45) is 0. The lowest BCUT2D eigenvalue weighted by Gasteiger charge is -2.42. The smallest absolute Gasteiger partial charge is 0.302 e. The molecule has 0 heterocycles. The molecule has 0 radical (unpaired) electrons. The highest BCUT2D eigenvalue weighted by molar-refractivity contribution is 6.78. The van der Waals surface area contributed by atoms with Crippen LogP contribution in [-0.4, -0.2) is 8.32 Å². The molecule has 0 fully saturated rings. The first-order chi connectivity index (χ1) is 14.6. The predicted molar refractivity (Wildman–Crippen MR) is 106 cm³/mol. The summed E-state index contributed by atoms with van der Waals surface area (Å²) in [5, 5.41) is 0. The van der Waals surface area contributed by atoms with Crippen molar-refractivity contribution < 1.29 is 39.5 Å². The van der Waals surface area contributed by atoms with E-state index in [0.29, 0.717) is 0 Å². The van der Waals surface area contributed by atoms with Crippen molar-refractivity contribution >= 4 is 8.32 Å². The van der Waals surface area contributed by atoms with E-state index in [1.807, 2.05) is 0 Å². The number of hydrogen-bond donors (Lipinski definition) is 0. The summed E-state index contributed by atoms with van der Waals surface area (Å²) in [5.41, 5.74) is -6.70. The molecule has 3 rings (SSSR count). The second kappa shape index (κ2) is 7.74. The van der Waals surface area contributed by atoms with E-state index in [-0.39, 0.29) is 22.7 Å². The van der Waals surface area contributed by atoms with Crippen molar-refractivity contribution in [2.45, 2.75) is 64.1 Å². The molecule has 1 aliphatic carbocycles. The molecule has 0 unspecified atom stereocenters. The van der Waals surface area contributed by atoms with Crippen molar-refractivity contribution in [3.8, 4) is 16.9 Å². The lowest BCUT2D eigenvalue weighted by Crippen LogP contribution is -2.51. The van der Waals surface area contributed by atoms with Gasteiger partial charge in [-0.2, -0.15) is 13.2 Å². The number of halogens is 8. The molecule has 0 saturated carbocycles. The number of benzene rings is 2. The van der Waals surface area contributed by atoms with E-state index < -0.39 is 77.1 Å². The minimum atomic E-state index is -4.49. The zero-order valence-electron chi connectivity index (χ0n) is 18.2. The van der Waals surface area contributed by atoms with Gasteiger partial charge in [-0.1, -0.05) is 41.5 Å². The fraction of sp³-hybridized carbons (Fsp3) is 0.455. The Hall–Kier alpha value is -2.10. The Balaban J connectivity index is 2.41. The molecule has 0 spiro atoms. The molecule has 10 heteroatoms. The van der Waals surface area contributed by atoms with Crippen LogP contribution in [0.1, 0.15) is 52.7 Å². The lowest BCUT2D eigenvalue weighted by molar-refractivity contribution is 0.0425. The average Bonchev–Trinajstić information content (AvgIpc) is 2.91. The summed E-state index contributed by atoms with van der Waals surface area (Å²) < 4.78 is 123. The molecule has 0 bridgehead atoms. The third kappa shape index (κ3) is 3.08. The summed E-state index contributed by atoms with van der Waals surface area (Å²) >= 11 is 0. The van der Waals surface area contributed by atoms with Crippen LogP contribution in [0.25, 0.3) is 11.1 Å². The molecule has 2 aromatic rings. The normalized spacial score (nSPS) is 15.0. The van der Waals surface area contributed by atoms with E-state index >= 15 is 4.39 Å². The van der Waals surface area contributed by atoms with E-state index in [1.165, 1.54) is 0 Å². The van der Waals surface area contributed by atoms with Crippen LogP contribution < -0.4 is 4.43 Å². The van der Waals surface area contributed by atoms with Gasteiger partial charge < -0.3 is 4.43 Å². The van der Waals surface area contributed by atoms with Gasteiger partial charge in [0, 0.05) is 16.7 Å². The molecule has 1 nitrogen and oxygen atoms in total. The van der Waals surface area contributed by atoms with Crippen LogP contribution >= 0.6 is 0 Å².